The molecule has 0 heterocycles. The molecule has 0 aromatic rings. The van der Waals surface area contributed by atoms with Crippen LogP contribution in [0.2, 0.25) is 0 Å². The molecule has 0 aromatic carbocycles. The van der Waals surface area contributed by atoms with Crippen molar-refractivity contribution in [3.8, 4) is 0 Å². The zero-order valence-electron chi connectivity index (χ0n) is 17.4. The second kappa shape index (κ2) is 16.0. The number of hydrogen-bond donors (Lipinski definition) is 0. The van der Waals surface area contributed by atoms with Crippen molar-refractivity contribution in [1.82, 2.24) is 0 Å². The van der Waals surface area contributed by atoms with Gasteiger partial charge in [-0.15, -0.1) is 0 Å². The predicted molar refractivity (Wildman–Crippen MR) is 116 cm³/mol. The van der Waals surface area contributed by atoms with Crippen LogP contribution in [0, 0.1) is 5.92 Å². The minimum absolute atomic E-state index is 0.0509. The molecule has 0 bridgehead atoms. The maximum absolute atomic E-state index is 12.0. The van der Waals surface area contributed by atoms with Crippen LogP contribution in [-0.2, 0) is 9.53 Å². The second-order valence-electron chi connectivity index (χ2n) is 8.31. The number of halogens is 1. The summed E-state index contributed by atoms with van der Waals surface area (Å²) < 4.78 is 5.67. The molecule has 26 heavy (non-hydrogen) atoms. The van der Waals surface area contributed by atoms with Crippen LogP contribution < -0.4 is 0 Å². The maximum Gasteiger partial charge on any atom is 0.319 e. The highest BCUT2D eigenvalue weighted by Gasteiger charge is 2.25. The molecule has 0 spiro atoms. The molecule has 1 saturated carbocycles. The molecule has 0 radical (unpaired) electrons. The van der Waals surface area contributed by atoms with Gasteiger partial charge in [0.1, 0.15) is 10.9 Å². The first-order valence-electron chi connectivity index (χ1n) is 11.5. The highest BCUT2D eigenvalue weighted by molar-refractivity contribution is 9.10. The topological polar surface area (TPSA) is 26.3 Å². The van der Waals surface area contributed by atoms with Gasteiger partial charge in [-0.25, -0.2) is 0 Å². The summed E-state index contributed by atoms with van der Waals surface area (Å²) in [6.07, 6.45) is 22.2. The molecule has 0 aliphatic heterocycles. The predicted octanol–water partition coefficient (Wildman–Crippen LogP) is 7.96. The van der Waals surface area contributed by atoms with Gasteiger partial charge < -0.3 is 4.74 Å². The second-order valence-corrected chi connectivity index (χ2v) is 9.41. The van der Waals surface area contributed by atoms with E-state index < -0.39 is 0 Å². The quantitative estimate of drug-likeness (QED) is 0.149. The van der Waals surface area contributed by atoms with E-state index in [0.29, 0.717) is 0 Å². The van der Waals surface area contributed by atoms with Gasteiger partial charge in [0.2, 0.25) is 0 Å². The van der Waals surface area contributed by atoms with Crippen molar-refractivity contribution in [2.75, 3.05) is 0 Å². The molecule has 0 aromatic heterocycles. The van der Waals surface area contributed by atoms with E-state index in [1.54, 1.807) is 0 Å². The van der Waals surface area contributed by atoms with E-state index in [2.05, 4.69) is 29.8 Å². The fourth-order valence-corrected chi connectivity index (χ4v) is 4.63. The molecule has 3 heteroatoms. The standard InChI is InChI=1S/C23H43BrO2/c1-3-5-6-7-8-9-10-11-12-13-15-20-16-18-21(19-17-20)26-23(25)22(24)14-4-2/h20-22H,3-19H2,1-2H3. The molecule has 1 unspecified atom stereocenters. The van der Waals surface area contributed by atoms with Gasteiger partial charge in [-0.05, 0) is 38.0 Å². The lowest BCUT2D eigenvalue weighted by molar-refractivity contribution is -0.150. The van der Waals surface area contributed by atoms with E-state index >= 15 is 0 Å². The molecular weight excluding hydrogens is 388 g/mol. The van der Waals surface area contributed by atoms with Crippen LogP contribution in [0.5, 0.6) is 0 Å². The van der Waals surface area contributed by atoms with Crippen LogP contribution in [0.3, 0.4) is 0 Å². The van der Waals surface area contributed by atoms with Gasteiger partial charge in [0.15, 0.2) is 0 Å². The summed E-state index contributed by atoms with van der Waals surface area (Å²) in [5.74, 6) is 0.819. The van der Waals surface area contributed by atoms with E-state index in [1.165, 1.54) is 83.5 Å². The Kier molecular flexibility index (Phi) is 14.7. The number of hydrogen-bond acceptors (Lipinski definition) is 2. The van der Waals surface area contributed by atoms with Gasteiger partial charge in [-0.2, -0.15) is 0 Å². The molecular formula is C23H43BrO2. The van der Waals surface area contributed by atoms with E-state index in [0.717, 1.165) is 31.6 Å². The average Bonchev–Trinajstić information content (AvgIpc) is 2.64. The minimum atomic E-state index is -0.114. The Morgan fingerprint density at radius 2 is 1.38 bits per heavy atom. The molecule has 1 aliphatic rings. The van der Waals surface area contributed by atoms with Gasteiger partial charge in [0.25, 0.3) is 0 Å². The highest BCUT2D eigenvalue weighted by atomic mass is 79.9. The third-order valence-corrected chi connectivity index (χ3v) is 6.67. The third kappa shape index (κ3) is 11.6. The van der Waals surface area contributed by atoms with Crippen molar-refractivity contribution in [2.24, 2.45) is 5.92 Å². The Morgan fingerprint density at radius 1 is 0.846 bits per heavy atom. The lowest BCUT2D eigenvalue weighted by Crippen LogP contribution is -2.28. The molecule has 1 rings (SSSR count). The normalized spacial score (nSPS) is 21.5. The fourth-order valence-electron chi connectivity index (χ4n) is 4.07. The van der Waals surface area contributed by atoms with Gasteiger partial charge >= 0.3 is 5.97 Å². The highest BCUT2D eigenvalue weighted by Crippen LogP contribution is 2.30. The Bertz CT molecular complexity index is 337. The van der Waals surface area contributed by atoms with E-state index in [9.17, 15) is 4.79 Å². The summed E-state index contributed by atoms with van der Waals surface area (Å²) in [5, 5.41) is 0. The number of rotatable bonds is 15. The molecule has 1 aliphatic carbocycles. The van der Waals surface area contributed by atoms with Gasteiger partial charge in [-0.1, -0.05) is 107 Å². The van der Waals surface area contributed by atoms with Crippen molar-refractivity contribution in [2.45, 2.75) is 134 Å². The summed E-state index contributed by atoms with van der Waals surface area (Å²) in [5.41, 5.74) is 0. The Labute approximate surface area is 171 Å². The van der Waals surface area contributed by atoms with Crippen molar-refractivity contribution < 1.29 is 9.53 Å². The van der Waals surface area contributed by atoms with Crippen LogP contribution >= 0.6 is 15.9 Å². The van der Waals surface area contributed by atoms with Crippen molar-refractivity contribution in [3.05, 3.63) is 0 Å². The number of alkyl halides is 1. The van der Waals surface area contributed by atoms with Crippen LogP contribution in [-0.4, -0.2) is 16.9 Å². The maximum atomic E-state index is 12.0. The number of ether oxygens (including phenoxy) is 1. The van der Waals surface area contributed by atoms with Crippen molar-refractivity contribution >= 4 is 21.9 Å². The van der Waals surface area contributed by atoms with Crippen LogP contribution in [0.4, 0.5) is 0 Å². The summed E-state index contributed by atoms with van der Waals surface area (Å²) in [6, 6.07) is 0. The molecule has 0 N–H and O–H groups in total. The first-order valence-corrected chi connectivity index (χ1v) is 12.4. The third-order valence-electron chi connectivity index (χ3n) is 5.84. The zero-order valence-corrected chi connectivity index (χ0v) is 19.0. The first-order chi connectivity index (χ1) is 12.7. The number of esters is 1. The molecule has 1 fully saturated rings. The average molecular weight is 431 g/mol. The smallest absolute Gasteiger partial charge is 0.319 e. The van der Waals surface area contributed by atoms with Crippen LogP contribution in [0.1, 0.15) is 123 Å². The molecule has 154 valence electrons. The molecule has 1 atom stereocenters. The van der Waals surface area contributed by atoms with E-state index in [-0.39, 0.29) is 16.9 Å². The van der Waals surface area contributed by atoms with Gasteiger partial charge in [0, 0.05) is 0 Å². The van der Waals surface area contributed by atoms with Crippen molar-refractivity contribution in [1.29, 1.82) is 0 Å². The van der Waals surface area contributed by atoms with Gasteiger partial charge in [0.05, 0.1) is 0 Å². The van der Waals surface area contributed by atoms with E-state index in [1.807, 2.05) is 0 Å². The summed E-state index contributed by atoms with van der Waals surface area (Å²) in [4.78, 5) is 11.9. The summed E-state index contributed by atoms with van der Waals surface area (Å²) in [6.45, 7) is 4.38. The van der Waals surface area contributed by atoms with Gasteiger partial charge in [-0.3, -0.25) is 4.79 Å². The number of carbonyl (C=O) groups is 1. The molecule has 0 amide bonds. The lowest BCUT2D eigenvalue weighted by atomic mass is 9.84. The van der Waals surface area contributed by atoms with Crippen LogP contribution in [0.15, 0.2) is 0 Å². The largest absolute Gasteiger partial charge is 0.462 e. The van der Waals surface area contributed by atoms with E-state index in [4.69, 9.17) is 4.74 Å². The van der Waals surface area contributed by atoms with Crippen molar-refractivity contribution in [3.63, 3.8) is 0 Å². The minimum Gasteiger partial charge on any atom is -0.462 e. The first kappa shape index (κ1) is 24.0. The summed E-state index contributed by atoms with van der Waals surface area (Å²) >= 11 is 3.44. The zero-order chi connectivity index (χ0) is 19.0. The number of unbranched alkanes of at least 4 members (excludes halogenated alkanes) is 9. The monoisotopic (exact) mass is 430 g/mol. The Hall–Kier alpha value is -0.0500. The van der Waals surface area contributed by atoms with Crippen LogP contribution in [0.25, 0.3) is 0 Å². The molecule has 2 nitrogen and oxygen atoms in total. The Balaban J connectivity index is 1.94. The summed E-state index contributed by atoms with van der Waals surface area (Å²) in [7, 11) is 0. The Morgan fingerprint density at radius 3 is 1.92 bits per heavy atom. The SMILES string of the molecule is CCCCCCCCCCCCC1CCC(OC(=O)C(Br)CCC)CC1. The number of carbonyl (C=O) groups excluding carboxylic acids is 1. The lowest BCUT2D eigenvalue weighted by Gasteiger charge is -2.29. The fraction of sp³-hybridized carbons (Fsp3) is 0.957. The molecule has 0 saturated heterocycles.